The summed E-state index contributed by atoms with van der Waals surface area (Å²) in [5.74, 6) is -0.245. The van der Waals surface area contributed by atoms with E-state index in [1.54, 1.807) is 31.3 Å². The molecule has 36 heavy (non-hydrogen) atoms. The van der Waals surface area contributed by atoms with Crippen LogP contribution in [0, 0.1) is 22.7 Å². The van der Waals surface area contributed by atoms with Crippen LogP contribution >= 0.6 is 23.2 Å². The zero-order valence-corrected chi connectivity index (χ0v) is 20.5. The summed E-state index contributed by atoms with van der Waals surface area (Å²) in [5.41, 5.74) is 0.762. The van der Waals surface area contributed by atoms with Crippen molar-refractivity contribution in [1.82, 2.24) is 9.88 Å². The Labute approximate surface area is 217 Å². The van der Waals surface area contributed by atoms with Crippen LogP contribution in [0.5, 0.6) is 0 Å². The molecule has 2 saturated heterocycles. The van der Waals surface area contributed by atoms with Crippen LogP contribution in [0.25, 0.3) is 0 Å². The summed E-state index contributed by atoms with van der Waals surface area (Å²) in [4.78, 5) is 36.7. The molecule has 0 saturated carbocycles. The Hall–Kier alpha value is -4.11. The number of anilines is 2. The highest BCUT2D eigenvalue weighted by Crippen LogP contribution is 2.47. The molecule has 0 unspecified atom stereocenters. The van der Waals surface area contributed by atoms with E-state index in [0.717, 1.165) is 10.5 Å². The highest BCUT2D eigenvalue weighted by molar-refractivity contribution is 6.35. The van der Waals surface area contributed by atoms with Gasteiger partial charge in [0.15, 0.2) is 0 Å². The van der Waals surface area contributed by atoms with E-state index in [1.807, 2.05) is 23.1 Å². The Balaban J connectivity index is 1.63. The van der Waals surface area contributed by atoms with E-state index in [4.69, 9.17) is 28.5 Å². The van der Waals surface area contributed by atoms with Gasteiger partial charge >= 0.3 is 6.03 Å². The standard InChI is InChI=1S/C26H18Cl2N6O2/c1-32-25(36)34(21-9-19(27)8-20(28)10-21)24(35)26(32)15-33(23-7-4-17(12-30)13-31-23)14-22(26)18-5-2-16(11-29)3-6-18/h2-10,13,22H,14-15H2,1H3/t22-,26+/m0/s1. The number of halogens is 2. The van der Waals surface area contributed by atoms with Crippen molar-refractivity contribution in [1.29, 1.82) is 10.5 Å². The van der Waals surface area contributed by atoms with E-state index < -0.39 is 23.4 Å². The molecule has 1 spiro atoms. The van der Waals surface area contributed by atoms with Gasteiger partial charge in [0, 0.05) is 35.8 Å². The summed E-state index contributed by atoms with van der Waals surface area (Å²) < 4.78 is 0. The second-order valence-electron chi connectivity index (χ2n) is 8.72. The van der Waals surface area contributed by atoms with Gasteiger partial charge in [-0.2, -0.15) is 10.5 Å². The molecule has 5 rings (SSSR count). The van der Waals surface area contributed by atoms with Gasteiger partial charge in [-0.3, -0.25) is 4.79 Å². The number of amides is 3. The second-order valence-corrected chi connectivity index (χ2v) is 9.59. The minimum atomic E-state index is -1.25. The molecule has 0 radical (unpaired) electrons. The van der Waals surface area contributed by atoms with Crippen LogP contribution < -0.4 is 9.80 Å². The molecule has 2 aliphatic heterocycles. The highest BCUT2D eigenvalue weighted by Gasteiger charge is 2.64. The van der Waals surface area contributed by atoms with Gasteiger partial charge in [-0.05, 0) is 48.0 Å². The molecule has 2 atom stereocenters. The van der Waals surface area contributed by atoms with Gasteiger partial charge in [-0.15, -0.1) is 0 Å². The third-order valence-corrected chi connectivity index (χ3v) is 7.25. The van der Waals surface area contributed by atoms with Gasteiger partial charge in [0.25, 0.3) is 5.91 Å². The van der Waals surface area contributed by atoms with E-state index in [0.29, 0.717) is 39.2 Å². The Morgan fingerprint density at radius 1 is 0.972 bits per heavy atom. The van der Waals surface area contributed by atoms with Crippen molar-refractivity contribution in [3.8, 4) is 12.1 Å². The zero-order valence-electron chi connectivity index (χ0n) is 19.0. The first-order valence-electron chi connectivity index (χ1n) is 11.0. The Morgan fingerprint density at radius 2 is 1.61 bits per heavy atom. The number of urea groups is 1. The average molecular weight is 517 g/mol. The number of rotatable bonds is 3. The molecule has 8 nitrogen and oxygen atoms in total. The first-order valence-corrected chi connectivity index (χ1v) is 11.7. The predicted molar refractivity (Wildman–Crippen MR) is 135 cm³/mol. The molecule has 3 heterocycles. The number of carbonyl (C=O) groups is 2. The molecule has 178 valence electrons. The van der Waals surface area contributed by atoms with Crippen molar-refractivity contribution in [3.05, 3.63) is 87.5 Å². The number of hydrogen-bond acceptors (Lipinski definition) is 6. The number of benzene rings is 2. The Morgan fingerprint density at radius 3 is 2.19 bits per heavy atom. The van der Waals surface area contributed by atoms with E-state index in [1.165, 1.54) is 29.3 Å². The fourth-order valence-corrected chi connectivity index (χ4v) is 5.53. The van der Waals surface area contributed by atoms with Crippen LogP contribution in [-0.2, 0) is 4.79 Å². The van der Waals surface area contributed by atoms with Crippen LogP contribution in [0.15, 0.2) is 60.8 Å². The van der Waals surface area contributed by atoms with Gasteiger partial charge in [-0.1, -0.05) is 35.3 Å². The number of likely N-dealkylation sites (N-methyl/N-ethyl adjacent to an activating group) is 1. The summed E-state index contributed by atoms with van der Waals surface area (Å²) in [7, 11) is 1.61. The minimum Gasteiger partial charge on any atom is -0.353 e. The topological polar surface area (TPSA) is 104 Å². The number of imide groups is 1. The lowest BCUT2D eigenvalue weighted by atomic mass is 9.80. The smallest absolute Gasteiger partial charge is 0.332 e. The SMILES string of the molecule is CN1C(=O)N(c2cc(Cl)cc(Cl)c2)C(=O)[C@]12CN(c1ccc(C#N)cn1)C[C@H]2c1ccc(C#N)cc1. The maximum Gasteiger partial charge on any atom is 0.332 e. The predicted octanol–water partition coefficient (Wildman–Crippen LogP) is 4.57. The van der Waals surface area contributed by atoms with Crippen molar-refractivity contribution < 1.29 is 9.59 Å². The number of carbonyl (C=O) groups excluding carboxylic acids is 2. The van der Waals surface area contributed by atoms with Gasteiger partial charge in [0.1, 0.15) is 17.4 Å². The largest absolute Gasteiger partial charge is 0.353 e. The summed E-state index contributed by atoms with van der Waals surface area (Å²) in [6, 6.07) is 18.7. The fourth-order valence-electron chi connectivity index (χ4n) is 5.02. The third kappa shape index (κ3) is 3.63. The molecule has 3 amide bonds. The lowest BCUT2D eigenvalue weighted by molar-refractivity contribution is -0.124. The molecule has 3 aromatic rings. The molecule has 0 bridgehead atoms. The fraction of sp³-hybridized carbons (Fsp3) is 0.192. The molecular formula is C26H18Cl2N6O2. The lowest BCUT2D eigenvalue weighted by Crippen LogP contribution is -2.53. The average Bonchev–Trinajstić information content (AvgIpc) is 3.37. The molecule has 0 aliphatic carbocycles. The quantitative estimate of drug-likeness (QED) is 0.472. The van der Waals surface area contributed by atoms with Gasteiger partial charge in [0.2, 0.25) is 0 Å². The van der Waals surface area contributed by atoms with Crippen LogP contribution in [0.3, 0.4) is 0 Å². The second kappa shape index (κ2) is 8.83. The number of nitrogens with zero attached hydrogens (tertiary/aromatic N) is 6. The van der Waals surface area contributed by atoms with Crippen LogP contribution in [0.2, 0.25) is 10.0 Å². The summed E-state index contributed by atoms with van der Waals surface area (Å²) in [6.07, 6.45) is 1.47. The van der Waals surface area contributed by atoms with Crippen molar-refractivity contribution in [2.45, 2.75) is 11.5 Å². The van der Waals surface area contributed by atoms with E-state index in [2.05, 4.69) is 11.1 Å². The minimum absolute atomic E-state index is 0.183. The van der Waals surface area contributed by atoms with Crippen LogP contribution in [0.4, 0.5) is 16.3 Å². The van der Waals surface area contributed by atoms with Gasteiger partial charge in [0.05, 0.1) is 29.4 Å². The molecule has 10 heteroatoms. The van der Waals surface area contributed by atoms with E-state index >= 15 is 0 Å². The highest BCUT2D eigenvalue weighted by atomic mass is 35.5. The number of aromatic nitrogens is 1. The maximum atomic E-state index is 14.2. The summed E-state index contributed by atoms with van der Waals surface area (Å²) in [6.45, 7) is 0.570. The summed E-state index contributed by atoms with van der Waals surface area (Å²) in [5, 5.41) is 19.0. The Bertz CT molecular complexity index is 1440. The number of hydrogen-bond donors (Lipinski definition) is 0. The first-order chi connectivity index (χ1) is 17.3. The molecule has 2 fully saturated rings. The maximum absolute atomic E-state index is 14.2. The normalized spacial score (nSPS) is 21.2. The third-order valence-electron chi connectivity index (χ3n) is 6.81. The molecule has 1 aromatic heterocycles. The van der Waals surface area contributed by atoms with Crippen molar-refractivity contribution in [2.24, 2.45) is 0 Å². The number of nitriles is 2. The first kappa shape index (κ1) is 23.6. The van der Waals surface area contributed by atoms with Crippen molar-refractivity contribution >= 4 is 46.6 Å². The van der Waals surface area contributed by atoms with Crippen molar-refractivity contribution in [3.63, 3.8) is 0 Å². The monoisotopic (exact) mass is 516 g/mol. The van der Waals surface area contributed by atoms with E-state index in [9.17, 15) is 14.9 Å². The van der Waals surface area contributed by atoms with E-state index in [-0.39, 0.29) is 6.54 Å². The number of pyridine rings is 1. The molecular weight excluding hydrogens is 499 g/mol. The molecule has 2 aliphatic rings. The van der Waals surface area contributed by atoms with Crippen LogP contribution in [-0.4, -0.2) is 47.5 Å². The molecule has 2 aromatic carbocycles. The molecule has 0 N–H and O–H groups in total. The summed E-state index contributed by atoms with van der Waals surface area (Å²) >= 11 is 12.4. The Kier molecular flexibility index (Phi) is 5.80. The zero-order chi connectivity index (χ0) is 25.6. The van der Waals surface area contributed by atoms with Crippen molar-refractivity contribution in [2.75, 3.05) is 29.9 Å². The van der Waals surface area contributed by atoms with Gasteiger partial charge in [-0.25, -0.2) is 14.7 Å². The van der Waals surface area contributed by atoms with Crippen LogP contribution in [0.1, 0.15) is 22.6 Å². The van der Waals surface area contributed by atoms with Gasteiger partial charge < -0.3 is 9.80 Å². The lowest BCUT2D eigenvalue weighted by Gasteiger charge is -2.33.